The normalized spacial score (nSPS) is 17.8. The molecule has 0 radical (unpaired) electrons. The first-order valence-electron chi connectivity index (χ1n) is 21.2. The van der Waals surface area contributed by atoms with E-state index in [1.807, 2.05) is 4.72 Å². The first kappa shape index (κ1) is 52.5. The van der Waals surface area contributed by atoms with Crippen molar-refractivity contribution in [1.82, 2.24) is 19.4 Å². The van der Waals surface area contributed by atoms with Crippen molar-refractivity contribution in [2.75, 3.05) is 48.3 Å². The zero-order valence-electron chi connectivity index (χ0n) is 36.6. The second-order valence-corrected chi connectivity index (χ2v) is 20.0. The van der Waals surface area contributed by atoms with Gasteiger partial charge in [-0.15, -0.1) is 0 Å². The number of pyridine rings is 2. The molecule has 366 valence electrons. The molecule has 3 fully saturated rings. The third kappa shape index (κ3) is 13.4. The number of carbonyl (C=O) groups is 4. The number of nitrogens with zero attached hydrogens (tertiary/aromatic N) is 6. The van der Waals surface area contributed by atoms with Crippen LogP contribution in [0.1, 0.15) is 114 Å². The number of ether oxygens (including phenoxy) is 1. The molecule has 6 rings (SSSR count). The van der Waals surface area contributed by atoms with Crippen LogP contribution in [0.3, 0.4) is 0 Å². The average molecular weight is 995 g/mol. The van der Waals surface area contributed by atoms with Crippen LogP contribution in [0.15, 0.2) is 36.4 Å². The Hall–Kier alpha value is -6.47. The number of carboxylic acids is 1. The van der Waals surface area contributed by atoms with Crippen molar-refractivity contribution < 1.29 is 67.8 Å². The van der Waals surface area contributed by atoms with Gasteiger partial charge in [-0.2, -0.15) is 10.5 Å². The third-order valence-electron chi connectivity index (χ3n) is 11.6. The van der Waals surface area contributed by atoms with Crippen molar-refractivity contribution >= 4 is 55.4 Å². The van der Waals surface area contributed by atoms with E-state index < -0.39 is 103 Å². The molecule has 2 saturated heterocycles. The van der Waals surface area contributed by atoms with E-state index in [1.165, 1.54) is 34.9 Å². The van der Waals surface area contributed by atoms with Crippen molar-refractivity contribution in [1.29, 1.82) is 10.5 Å². The molecule has 0 atom stereocenters. The highest BCUT2D eigenvalue weighted by Gasteiger charge is 2.38. The highest BCUT2D eigenvalue weighted by atomic mass is 32.2. The molecule has 1 aliphatic carbocycles. The fourth-order valence-electron chi connectivity index (χ4n) is 7.91. The minimum Gasteiger partial charge on any atom is -0.478 e. The van der Waals surface area contributed by atoms with Crippen LogP contribution < -0.4 is 19.2 Å². The molecule has 3 aromatic rings. The lowest BCUT2D eigenvalue weighted by Crippen LogP contribution is -2.55. The van der Waals surface area contributed by atoms with Gasteiger partial charge in [-0.25, -0.2) is 58.3 Å². The van der Waals surface area contributed by atoms with E-state index in [4.69, 9.17) is 9.84 Å². The number of benzene rings is 1. The molecule has 18 nitrogen and oxygen atoms in total. The summed E-state index contributed by atoms with van der Waals surface area (Å²) in [6.45, 7) is 3.71. The van der Waals surface area contributed by atoms with E-state index in [9.17, 15) is 68.5 Å². The maximum atomic E-state index is 13.7. The predicted molar refractivity (Wildman–Crippen MR) is 232 cm³/mol. The number of esters is 1. The fraction of sp³-hybridized carbons (Fsp3) is 0.488. The lowest BCUT2D eigenvalue weighted by molar-refractivity contribution is -0.124. The molecule has 0 bridgehead atoms. The zero-order chi connectivity index (χ0) is 50.1. The molecule has 3 aliphatic rings. The van der Waals surface area contributed by atoms with Gasteiger partial charge < -0.3 is 19.6 Å². The molecule has 0 unspecified atom stereocenters. The minimum absolute atomic E-state index is 0.0385. The second-order valence-electron chi connectivity index (χ2n) is 16.5. The Labute approximate surface area is 388 Å². The number of rotatable bonds is 15. The van der Waals surface area contributed by atoms with Gasteiger partial charge in [0.1, 0.15) is 41.0 Å². The maximum absolute atomic E-state index is 13.7. The number of carboxylic acid groups (broad SMARTS) is 1. The summed E-state index contributed by atoms with van der Waals surface area (Å²) in [6.07, 6.45) is -2.20. The third-order valence-corrected chi connectivity index (χ3v) is 14.2. The van der Waals surface area contributed by atoms with Gasteiger partial charge in [-0.05, 0) is 62.6 Å². The van der Waals surface area contributed by atoms with Crippen LogP contribution in [0.25, 0.3) is 0 Å². The summed E-state index contributed by atoms with van der Waals surface area (Å²) in [5.74, 6) is -6.69. The average Bonchev–Trinajstić information content (AvgIpc) is 3.26. The van der Waals surface area contributed by atoms with Crippen LogP contribution in [0, 0.1) is 52.2 Å². The van der Waals surface area contributed by atoms with E-state index in [2.05, 4.69) is 21.6 Å². The van der Waals surface area contributed by atoms with Gasteiger partial charge >= 0.3 is 11.9 Å². The Balaban J connectivity index is 0.000000254. The number of hydrogen-bond donors (Lipinski definition) is 3. The number of carbonyl (C=O) groups excluding carboxylic acids is 3. The summed E-state index contributed by atoms with van der Waals surface area (Å²) in [5.41, 5.74) is -3.51. The molecule has 2 amide bonds. The highest BCUT2D eigenvalue weighted by molar-refractivity contribution is 7.90. The molecule has 2 aliphatic heterocycles. The number of anilines is 2. The summed E-state index contributed by atoms with van der Waals surface area (Å²) in [4.78, 5) is 58.6. The van der Waals surface area contributed by atoms with Crippen LogP contribution in [-0.2, 0) is 40.1 Å². The van der Waals surface area contributed by atoms with Crippen LogP contribution >= 0.6 is 0 Å². The lowest BCUT2D eigenvalue weighted by Gasteiger charge is -2.39. The van der Waals surface area contributed by atoms with Crippen molar-refractivity contribution in [2.45, 2.75) is 71.0 Å². The number of alkyl halides is 4. The number of piperidine rings is 1. The Kier molecular flexibility index (Phi) is 17.4. The topological polar surface area (TPSA) is 270 Å². The molecule has 3 N–H and O–H groups in total. The second kappa shape index (κ2) is 22.6. The molecule has 2 aromatic heterocycles. The number of aromatic carboxylic acids is 1. The van der Waals surface area contributed by atoms with Crippen molar-refractivity contribution in [3.8, 4) is 12.1 Å². The van der Waals surface area contributed by atoms with Crippen LogP contribution in [0.2, 0.25) is 0 Å². The van der Waals surface area contributed by atoms with Gasteiger partial charge in [0.2, 0.25) is 31.9 Å². The number of nitriles is 2. The van der Waals surface area contributed by atoms with Gasteiger partial charge in [-0.3, -0.25) is 19.0 Å². The standard InChI is InChI=1S/C22H28F2N4O5S.C21H19F3N4O5S/c1-13-2-4-14(5-3-13)12-34(32,33)27-21(29)15-6-8-28(9-7-15)20-16(11-25)10-17(22(30)31)18(26-20)19(23)24;1-2-33-21(30)15-7-13(8-25)19(26-17(15)18(23)24)28-9-14(10-28)20(29)27-34(31,32)11-12-5-3-4-6-16(12)22/h10,13-15,19H,2-9,12H2,1H3,(H,27,29)(H,30,31);3-7,14,18H,2,9-11H2,1H3,(H,27,29). The predicted octanol–water partition coefficient (Wildman–Crippen LogP) is 5.37. The molecule has 1 aromatic carbocycles. The van der Waals surface area contributed by atoms with Gasteiger partial charge in [0, 0.05) is 37.7 Å². The summed E-state index contributed by atoms with van der Waals surface area (Å²) in [7, 11) is -7.95. The first-order chi connectivity index (χ1) is 32.1. The zero-order valence-corrected chi connectivity index (χ0v) is 38.3. The number of sulfonamides is 2. The molecule has 25 heteroatoms. The number of amides is 2. The monoisotopic (exact) mass is 994 g/mol. The van der Waals surface area contributed by atoms with Gasteiger partial charge in [0.25, 0.3) is 12.9 Å². The van der Waals surface area contributed by atoms with Crippen LogP contribution in [-0.4, -0.2) is 94.2 Å². The van der Waals surface area contributed by atoms with Crippen LogP contribution in [0.4, 0.5) is 33.6 Å². The summed E-state index contributed by atoms with van der Waals surface area (Å²) in [5, 5.41) is 27.9. The number of aromatic nitrogens is 2. The quantitative estimate of drug-likeness (QED) is 0.128. The van der Waals surface area contributed by atoms with Crippen LogP contribution in [0.5, 0.6) is 0 Å². The maximum Gasteiger partial charge on any atom is 0.340 e. The Morgan fingerprint density at radius 2 is 1.31 bits per heavy atom. The van der Waals surface area contributed by atoms with Crippen molar-refractivity contribution in [2.24, 2.45) is 23.7 Å². The number of halogens is 5. The minimum atomic E-state index is -4.19. The SMILES string of the molecule is CC1CCC(CS(=O)(=O)NC(=O)C2CCN(c3nc(C(F)F)c(C(=O)O)cc3C#N)CC2)CC1.CCOC(=O)c1cc(C#N)c(N2CC(C(=O)NS(=O)(=O)Cc3ccccc3F)C2)nc1C(F)F. The summed E-state index contributed by atoms with van der Waals surface area (Å²) >= 11 is 0. The molecule has 68 heavy (non-hydrogen) atoms. The molecule has 0 spiro atoms. The largest absolute Gasteiger partial charge is 0.478 e. The van der Waals surface area contributed by atoms with E-state index in [0.29, 0.717) is 5.92 Å². The lowest BCUT2D eigenvalue weighted by atomic mass is 9.84. The number of nitrogens with one attached hydrogen (secondary N) is 2. The smallest absolute Gasteiger partial charge is 0.340 e. The van der Waals surface area contributed by atoms with Crippen molar-refractivity contribution in [3.05, 3.63) is 81.4 Å². The van der Waals surface area contributed by atoms with E-state index in [1.54, 1.807) is 12.1 Å². The van der Waals surface area contributed by atoms with E-state index in [-0.39, 0.29) is 85.6 Å². The Bertz CT molecular complexity index is 2700. The Morgan fingerprint density at radius 3 is 1.84 bits per heavy atom. The molecular formula is C43H47F5N8O10S2. The number of hydrogen-bond acceptors (Lipinski definition) is 15. The molecule has 1 saturated carbocycles. The van der Waals surface area contributed by atoms with Gasteiger partial charge in [-0.1, -0.05) is 38.0 Å². The summed E-state index contributed by atoms with van der Waals surface area (Å²) < 4.78 is 126. The summed E-state index contributed by atoms with van der Waals surface area (Å²) in [6, 6.07) is 10.6. The molecule has 4 heterocycles. The van der Waals surface area contributed by atoms with E-state index >= 15 is 0 Å². The highest BCUT2D eigenvalue weighted by Crippen LogP contribution is 2.34. The Morgan fingerprint density at radius 1 is 0.794 bits per heavy atom. The first-order valence-corrected chi connectivity index (χ1v) is 24.6. The van der Waals surface area contributed by atoms with Crippen molar-refractivity contribution in [3.63, 3.8) is 0 Å². The fourth-order valence-corrected chi connectivity index (χ4v) is 10.6. The molecular weight excluding hydrogens is 948 g/mol. The van der Waals surface area contributed by atoms with Gasteiger partial charge in [0.05, 0.1) is 46.3 Å². The van der Waals surface area contributed by atoms with Gasteiger partial charge in [0.15, 0.2) is 0 Å². The van der Waals surface area contributed by atoms with E-state index in [0.717, 1.165) is 43.9 Å².